The van der Waals surface area contributed by atoms with Gasteiger partial charge in [-0.3, -0.25) is 19.5 Å². The highest BCUT2D eigenvalue weighted by Crippen LogP contribution is 2.36. The highest BCUT2D eigenvalue weighted by molar-refractivity contribution is 7.98. The number of hydrogen-bond donors (Lipinski definition) is 0. The molecular weight excluding hydrogens is 414 g/mol. The second-order valence-electron chi connectivity index (χ2n) is 6.48. The number of thiophene rings is 1. The molecule has 0 saturated carbocycles. The number of non-ortho nitro benzene ring substituents is 1. The Morgan fingerprint density at radius 3 is 2.90 bits per heavy atom. The maximum Gasteiger partial charge on any atom is 0.270 e. The highest BCUT2D eigenvalue weighted by atomic mass is 32.2. The van der Waals surface area contributed by atoms with E-state index in [-0.39, 0.29) is 24.6 Å². The molecule has 0 atom stereocenters. The predicted molar refractivity (Wildman–Crippen MR) is 112 cm³/mol. The molecule has 29 heavy (non-hydrogen) atoms. The molecule has 4 rings (SSSR count). The largest absolute Gasteiger partial charge is 0.467 e. The van der Waals surface area contributed by atoms with Gasteiger partial charge < -0.3 is 9.47 Å². The fourth-order valence-corrected chi connectivity index (χ4v) is 5.28. The Balaban J connectivity index is 1.72. The first-order chi connectivity index (χ1) is 14.0. The Bertz CT molecular complexity index is 1150. The third-order valence-electron chi connectivity index (χ3n) is 4.67. The Morgan fingerprint density at radius 2 is 2.17 bits per heavy atom. The Hall–Kier alpha value is -2.43. The van der Waals surface area contributed by atoms with Crippen molar-refractivity contribution in [3.63, 3.8) is 0 Å². The number of nitro groups is 1. The van der Waals surface area contributed by atoms with Gasteiger partial charge in [0.25, 0.3) is 11.2 Å². The van der Waals surface area contributed by atoms with Crippen molar-refractivity contribution in [2.75, 3.05) is 6.79 Å². The van der Waals surface area contributed by atoms with Crippen molar-refractivity contribution in [2.24, 2.45) is 0 Å². The third-order valence-corrected chi connectivity index (χ3v) is 6.87. The Kier molecular flexibility index (Phi) is 5.57. The monoisotopic (exact) mass is 433 g/mol. The van der Waals surface area contributed by atoms with Crippen molar-refractivity contribution >= 4 is 39.0 Å². The summed E-state index contributed by atoms with van der Waals surface area (Å²) in [6, 6.07) is 4.91. The summed E-state index contributed by atoms with van der Waals surface area (Å²) in [5.74, 6) is 1.01. The number of aromatic nitrogens is 2. The van der Waals surface area contributed by atoms with Gasteiger partial charge in [-0.1, -0.05) is 18.7 Å². The molecule has 10 heteroatoms. The number of thioether (sulfide) groups is 1. The minimum Gasteiger partial charge on any atom is -0.467 e. The third kappa shape index (κ3) is 3.75. The minimum atomic E-state index is -0.423. The van der Waals surface area contributed by atoms with Gasteiger partial charge in [0, 0.05) is 40.4 Å². The van der Waals surface area contributed by atoms with Crippen LogP contribution in [0, 0.1) is 10.1 Å². The number of nitrogens with zero attached hydrogens (tertiary/aromatic N) is 3. The molecule has 0 radical (unpaired) electrons. The Labute approximate surface area is 174 Å². The lowest BCUT2D eigenvalue weighted by atomic mass is 10.1. The molecule has 3 aromatic rings. The van der Waals surface area contributed by atoms with E-state index in [1.807, 2.05) is 19.9 Å². The van der Waals surface area contributed by atoms with Crippen LogP contribution < -0.4 is 10.3 Å². The maximum atomic E-state index is 12.9. The molecule has 1 aliphatic rings. The standard InChI is InChI=1S/C19H19N3O5S2/c1-3-14-7-15-17(29-14)20-19(21(4-2)18(15)23)28-9-12-6-13(22(24)25)5-11-8-26-10-27-16(11)12/h5-7H,3-4,8-10H2,1-2H3. The minimum absolute atomic E-state index is 0.00409. The molecule has 0 bridgehead atoms. The van der Waals surface area contributed by atoms with E-state index in [1.165, 1.54) is 35.2 Å². The number of aryl methyl sites for hydroxylation is 1. The number of rotatable bonds is 6. The summed E-state index contributed by atoms with van der Waals surface area (Å²) in [4.78, 5) is 30.3. The van der Waals surface area contributed by atoms with Gasteiger partial charge in [-0.25, -0.2) is 4.98 Å². The van der Waals surface area contributed by atoms with Gasteiger partial charge in [0.15, 0.2) is 11.9 Å². The van der Waals surface area contributed by atoms with E-state index in [4.69, 9.17) is 14.5 Å². The summed E-state index contributed by atoms with van der Waals surface area (Å²) in [5.41, 5.74) is 1.29. The zero-order valence-electron chi connectivity index (χ0n) is 16.0. The number of fused-ring (bicyclic) bond motifs is 2. The van der Waals surface area contributed by atoms with E-state index in [1.54, 1.807) is 4.57 Å². The molecule has 3 heterocycles. The summed E-state index contributed by atoms with van der Waals surface area (Å²) in [6.45, 7) is 4.84. The van der Waals surface area contributed by atoms with E-state index < -0.39 is 4.92 Å². The summed E-state index contributed by atoms with van der Waals surface area (Å²) in [7, 11) is 0. The van der Waals surface area contributed by atoms with Crippen LogP contribution in [0.1, 0.15) is 29.9 Å². The van der Waals surface area contributed by atoms with Crippen LogP contribution >= 0.6 is 23.1 Å². The molecule has 0 saturated heterocycles. The molecule has 8 nitrogen and oxygen atoms in total. The normalized spacial score (nSPS) is 13.3. The van der Waals surface area contributed by atoms with Crippen LogP contribution in [0.2, 0.25) is 0 Å². The first-order valence-electron chi connectivity index (χ1n) is 9.18. The van der Waals surface area contributed by atoms with Crippen LogP contribution in [0.3, 0.4) is 0 Å². The average Bonchev–Trinajstić information content (AvgIpc) is 3.15. The van der Waals surface area contributed by atoms with E-state index >= 15 is 0 Å². The number of benzene rings is 1. The van der Waals surface area contributed by atoms with E-state index in [2.05, 4.69) is 0 Å². The van der Waals surface area contributed by atoms with Crippen molar-refractivity contribution in [3.05, 3.63) is 54.7 Å². The fourth-order valence-electron chi connectivity index (χ4n) is 3.25. The summed E-state index contributed by atoms with van der Waals surface area (Å²) < 4.78 is 12.5. The fraction of sp³-hybridized carbons (Fsp3) is 0.368. The summed E-state index contributed by atoms with van der Waals surface area (Å²) in [6.07, 6.45) is 0.855. The van der Waals surface area contributed by atoms with E-state index in [9.17, 15) is 14.9 Å². The van der Waals surface area contributed by atoms with Crippen LogP contribution in [0.25, 0.3) is 10.2 Å². The van der Waals surface area contributed by atoms with Crippen molar-refractivity contribution in [2.45, 2.75) is 44.3 Å². The van der Waals surface area contributed by atoms with Gasteiger partial charge in [0.2, 0.25) is 0 Å². The molecule has 0 N–H and O–H groups in total. The van der Waals surface area contributed by atoms with Crippen LogP contribution in [0.5, 0.6) is 5.75 Å². The molecule has 2 aromatic heterocycles. The smallest absolute Gasteiger partial charge is 0.270 e. The van der Waals surface area contributed by atoms with Crippen LogP contribution in [0.4, 0.5) is 5.69 Å². The number of hydrogen-bond acceptors (Lipinski definition) is 8. The maximum absolute atomic E-state index is 12.9. The topological polar surface area (TPSA) is 96.5 Å². The van der Waals surface area contributed by atoms with Crippen molar-refractivity contribution in [3.8, 4) is 5.75 Å². The Morgan fingerprint density at radius 1 is 1.34 bits per heavy atom. The first-order valence-corrected chi connectivity index (χ1v) is 11.0. The van der Waals surface area contributed by atoms with E-state index in [0.29, 0.717) is 39.7 Å². The first kappa shape index (κ1) is 19.9. The summed E-state index contributed by atoms with van der Waals surface area (Å²) in [5, 5.41) is 12.5. The lowest BCUT2D eigenvalue weighted by Gasteiger charge is -2.20. The lowest BCUT2D eigenvalue weighted by Crippen LogP contribution is -2.21. The molecule has 0 spiro atoms. The summed E-state index contributed by atoms with van der Waals surface area (Å²) >= 11 is 2.91. The highest BCUT2D eigenvalue weighted by Gasteiger charge is 2.22. The molecule has 1 aliphatic heterocycles. The van der Waals surface area contributed by atoms with E-state index in [0.717, 1.165) is 16.1 Å². The van der Waals surface area contributed by atoms with Gasteiger partial charge >= 0.3 is 0 Å². The van der Waals surface area contributed by atoms with Crippen LogP contribution in [-0.4, -0.2) is 21.3 Å². The molecule has 0 unspecified atom stereocenters. The van der Waals surface area contributed by atoms with Crippen molar-refractivity contribution in [1.29, 1.82) is 0 Å². The zero-order chi connectivity index (χ0) is 20.5. The number of ether oxygens (including phenoxy) is 2. The van der Waals surface area contributed by atoms with Gasteiger partial charge in [-0.15, -0.1) is 11.3 Å². The average molecular weight is 434 g/mol. The van der Waals surface area contributed by atoms with Gasteiger partial charge in [-0.2, -0.15) is 0 Å². The molecule has 1 aromatic carbocycles. The molecule has 152 valence electrons. The second-order valence-corrected chi connectivity index (χ2v) is 8.54. The molecule has 0 aliphatic carbocycles. The molecule has 0 amide bonds. The zero-order valence-corrected chi connectivity index (χ0v) is 17.6. The van der Waals surface area contributed by atoms with Crippen molar-refractivity contribution in [1.82, 2.24) is 9.55 Å². The molecule has 0 fully saturated rings. The molecular formula is C19H19N3O5S2. The quantitative estimate of drug-likeness (QED) is 0.250. The van der Waals surface area contributed by atoms with Gasteiger partial charge in [-0.05, 0) is 19.4 Å². The lowest BCUT2D eigenvalue weighted by molar-refractivity contribution is -0.385. The predicted octanol–water partition coefficient (Wildman–Crippen LogP) is 4.11. The van der Waals surface area contributed by atoms with Crippen LogP contribution in [0.15, 0.2) is 28.2 Å². The van der Waals surface area contributed by atoms with Gasteiger partial charge in [0.1, 0.15) is 10.6 Å². The second kappa shape index (κ2) is 8.13. The SMILES string of the molecule is CCc1cc2c(=O)n(CC)c(SCc3cc([N+](=O)[O-])cc4c3OCOC4)nc2s1. The number of nitro benzene ring substituents is 1. The van der Waals surface area contributed by atoms with Gasteiger partial charge in [0.05, 0.1) is 16.9 Å². The van der Waals surface area contributed by atoms with Crippen LogP contribution in [-0.2, 0) is 30.1 Å². The van der Waals surface area contributed by atoms with Crippen molar-refractivity contribution < 1.29 is 14.4 Å².